The van der Waals surface area contributed by atoms with Crippen molar-refractivity contribution in [2.75, 3.05) is 7.11 Å². The Morgan fingerprint density at radius 2 is 2.11 bits per heavy atom. The predicted molar refractivity (Wildman–Crippen MR) is 60.6 cm³/mol. The molecule has 0 fully saturated rings. The zero-order chi connectivity index (χ0) is 13.0. The Morgan fingerprint density at radius 3 is 2.72 bits per heavy atom. The van der Waals surface area contributed by atoms with E-state index in [0.29, 0.717) is 5.75 Å². The molecule has 91 valence electrons. The Labute approximate surface area is 102 Å². The summed E-state index contributed by atoms with van der Waals surface area (Å²) in [6.07, 6.45) is 1.13. The number of hydrogen-bond acceptors (Lipinski definition) is 6. The minimum absolute atomic E-state index is 0.152. The smallest absolute Gasteiger partial charge is 0.392 e. The fraction of sp³-hybridized carbons (Fsp3) is 0.0909. The van der Waals surface area contributed by atoms with E-state index in [9.17, 15) is 10.1 Å². The minimum atomic E-state index is -0.656. The molecular formula is C11H8N3O4. The zero-order valence-electron chi connectivity index (χ0n) is 9.36. The lowest BCUT2D eigenvalue weighted by Crippen LogP contribution is -2.01. The van der Waals surface area contributed by atoms with Gasteiger partial charge in [-0.25, -0.2) is 0 Å². The number of methoxy groups -OCH3 is 1. The van der Waals surface area contributed by atoms with Crippen LogP contribution >= 0.6 is 0 Å². The van der Waals surface area contributed by atoms with Crippen molar-refractivity contribution in [1.82, 2.24) is 9.97 Å². The molecule has 7 nitrogen and oxygen atoms in total. The Bertz CT molecular complexity index is 559. The van der Waals surface area contributed by atoms with Crippen LogP contribution in [0.5, 0.6) is 17.5 Å². The van der Waals surface area contributed by atoms with Crippen molar-refractivity contribution in [3.05, 3.63) is 46.8 Å². The van der Waals surface area contributed by atoms with Gasteiger partial charge >= 0.3 is 17.4 Å². The first-order valence-electron chi connectivity index (χ1n) is 4.90. The van der Waals surface area contributed by atoms with Gasteiger partial charge in [-0.15, -0.1) is 0 Å². The third-order valence-corrected chi connectivity index (χ3v) is 2.02. The molecule has 2 rings (SSSR count). The van der Waals surface area contributed by atoms with Crippen LogP contribution in [-0.2, 0) is 0 Å². The molecule has 0 saturated carbocycles. The molecule has 0 N–H and O–H groups in total. The average Bonchev–Trinajstić information content (AvgIpc) is 2.39. The van der Waals surface area contributed by atoms with E-state index in [1.165, 1.54) is 7.11 Å². The van der Waals surface area contributed by atoms with E-state index in [2.05, 4.69) is 16.0 Å². The molecule has 0 aliphatic heterocycles. The SMILES string of the molecule is COc1ncnc(Oc2[c]cccc2)c1[N+](=O)[O-]. The second-order valence-corrected chi connectivity index (χ2v) is 3.12. The molecule has 1 aromatic heterocycles. The third kappa shape index (κ3) is 2.34. The molecule has 0 atom stereocenters. The third-order valence-electron chi connectivity index (χ3n) is 2.02. The van der Waals surface area contributed by atoms with Gasteiger partial charge < -0.3 is 9.47 Å². The number of nitro groups is 1. The van der Waals surface area contributed by atoms with Gasteiger partial charge in [0.15, 0.2) is 0 Å². The molecule has 0 unspecified atom stereocenters. The standard InChI is InChI=1S/C11H8N3O4/c1-17-10-9(14(15)16)11(13-7-12-10)18-8-5-3-2-4-6-8/h2-5,7H,1H3. The maximum atomic E-state index is 10.9. The topological polar surface area (TPSA) is 87.4 Å². The van der Waals surface area contributed by atoms with E-state index in [-0.39, 0.29) is 11.8 Å². The summed E-state index contributed by atoms with van der Waals surface area (Å²) < 4.78 is 10.1. The summed E-state index contributed by atoms with van der Waals surface area (Å²) in [6.45, 7) is 0. The lowest BCUT2D eigenvalue weighted by molar-refractivity contribution is -0.387. The monoisotopic (exact) mass is 246 g/mol. The normalized spacial score (nSPS) is 9.83. The van der Waals surface area contributed by atoms with Crippen LogP contribution in [0.25, 0.3) is 0 Å². The first-order valence-corrected chi connectivity index (χ1v) is 4.90. The number of para-hydroxylation sites is 1. The molecule has 0 saturated heterocycles. The van der Waals surface area contributed by atoms with Gasteiger partial charge in [0, 0.05) is 6.07 Å². The minimum Gasteiger partial charge on any atom is -0.476 e. The summed E-state index contributed by atoms with van der Waals surface area (Å²) in [5.74, 6) is -0.0171. The summed E-state index contributed by atoms with van der Waals surface area (Å²) in [5.41, 5.74) is -0.419. The fourth-order valence-electron chi connectivity index (χ4n) is 1.27. The van der Waals surface area contributed by atoms with Gasteiger partial charge in [-0.3, -0.25) is 10.1 Å². The van der Waals surface area contributed by atoms with Gasteiger partial charge in [0.25, 0.3) is 0 Å². The van der Waals surface area contributed by atoms with E-state index < -0.39 is 10.6 Å². The van der Waals surface area contributed by atoms with Gasteiger partial charge in [0.05, 0.1) is 12.0 Å². The molecule has 18 heavy (non-hydrogen) atoms. The Hall–Kier alpha value is -2.70. The second-order valence-electron chi connectivity index (χ2n) is 3.12. The van der Waals surface area contributed by atoms with Crippen LogP contribution in [0.15, 0.2) is 30.6 Å². The molecule has 0 aliphatic carbocycles. The van der Waals surface area contributed by atoms with E-state index >= 15 is 0 Å². The molecule has 1 radical (unpaired) electrons. The number of ether oxygens (including phenoxy) is 2. The van der Waals surface area contributed by atoms with Gasteiger partial charge in [-0.1, -0.05) is 18.2 Å². The summed E-state index contributed by atoms with van der Waals surface area (Å²) >= 11 is 0. The quantitative estimate of drug-likeness (QED) is 0.605. The second kappa shape index (κ2) is 5.09. The Morgan fingerprint density at radius 1 is 1.33 bits per heavy atom. The molecule has 1 aromatic carbocycles. The average molecular weight is 246 g/mol. The molecule has 0 aliphatic rings. The van der Waals surface area contributed by atoms with Crippen LogP contribution < -0.4 is 9.47 Å². The highest BCUT2D eigenvalue weighted by Gasteiger charge is 2.25. The van der Waals surface area contributed by atoms with Crippen molar-refractivity contribution >= 4 is 5.69 Å². The van der Waals surface area contributed by atoms with Crippen molar-refractivity contribution in [1.29, 1.82) is 0 Å². The highest BCUT2D eigenvalue weighted by atomic mass is 16.6. The first-order chi connectivity index (χ1) is 8.72. The number of aromatic nitrogens is 2. The Balaban J connectivity index is 2.42. The fourth-order valence-corrected chi connectivity index (χ4v) is 1.27. The van der Waals surface area contributed by atoms with Crippen molar-refractivity contribution in [2.45, 2.75) is 0 Å². The van der Waals surface area contributed by atoms with Gasteiger partial charge in [-0.2, -0.15) is 9.97 Å². The molecule has 0 bridgehead atoms. The molecule has 0 spiro atoms. The predicted octanol–water partition coefficient (Wildman–Crippen LogP) is 1.99. The van der Waals surface area contributed by atoms with Crippen molar-refractivity contribution < 1.29 is 14.4 Å². The lowest BCUT2D eigenvalue weighted by Gasteiger charge is -2.06. The van der Waals surface area contributed by atoms with Crippen LogP contribution in [0.1, 0.15) is 0 Å². The Kier molecular flexibility index (Phi) is 3.33. The van der Waals surface area contributed by atoms with Crippen LogP contribution in [0, 0.1) is 16.2 Å². The van der Waals surface area contributed by atoms with Gasteiger partial charge in [0.1, 0.15) is 12.1 Å². The maximum Gasteiger partial charge on any atom is 0.392 e. The van der Waals surface area contributed by atoms with Gasteiger partial charge in [-0.05, 0) is 6.07 Å². The van der Waals surface area contributed by atoms with E-state index in [4.69, 9.17) is 9.47 Å². The summed E-state index contributed by atoms with van der Waals surface area (Å²) in [6, 6.07) is 9.48. The number of nitrogens with zero attached hydrogens (tertiary/aromatic N) is 3. The largest absolute Gasteiger partial charge is 0.476 e. The maximum absolute atomic E-state index is 10.9. The number of hydrogen-bond donors (Lipinski definition) is 0. The highest BCUT2D eigenvalue weighted by molar-refractivity contribution is 5.50. The number of benzene rings is 1. The van der Waals surface area contributed by atoms with E-state index in [1.54, 1.807) is 24.3 Å². The summed E-state index contributed by atoms with van der Waals surface area (Å²) in [5, 5.41) is 10.9. The molecule has 7 heteroatoms. The summed E-state index contributed by atoms with van der Waals surface area (Å²) in [4.78, 5) is 17.7. The van der Waals surface area contributed by atoms with Crippen LogP contribution in [0.4, 0.5) is 5.69 Å². The van der Waals surface area contributed by atoms with E-state index in [0.717, 1.165) is 6.33 Å². The van der Waals surface area contributed by atoms with Gasteiger partial charge in [0.2, 0.25) is 0 Å². The lowest BCUT2D eigenvalue weighted by atomic mass is 10.3. The molecule has 2 aromatic rings. The molecule has 0 amide bonds. The van der Waals surface area contributed by atoms with Crippen molar-refractivity contribution in [2.24, 2.45) is 0 Å². The molecular weight excluding hydrogens is 238 g/mol. The van der Waals surface area contributed by atoms with Crippen LogP contribution in [0.2, 0.25) is 0 Å². The molecule has 1 heterocycles. The summed E-state index contributed by atoms with van der Waals surface area (Å²) in [7, 11) is 1.29. The number of rotatable bonds is 4. The van der Waals surface area contributed by atoms with Crippen LogP contribution in [-0.4, -0.2) is 22.0 Å². The van der Waals surface area contributed by atoms with Crippen molar-refractivity contribution in [3.63, 3.8) is 0 Å². The first kappa shape index (κ1) is 11.8. The zero-order valence-corrected chi connectivity index (χ0v) is 9.36. The van der Waals surface area contributed by atoms with Crippen molar-refractivity contribution in [3.8, 4) is 17.5 Å². The van der Waals surface area contributed by atoms with Crippen LogP contribution in [0.3, 0.4) is 0 Å². The van der Waals surface area contributed by atoms with E-state index in [1.807, 2.05) is 0 Å². The highest BCUT2D eigenvalue weighted by Crippen LogP contribution is 2.34.